The fourth-order valence-corrected chi connectivity index (χ4v) is 3.26. The van der Waals surface area contributed by atoms with Gasteiger partial charge in [0.05, 0.1) is 6.10 Å². The Morgan fingerprint density at radius 3 is 2.48 bits per heavy atom. The van der Waals surface area contributed by atoms with Crippen LogP contribution in [0.1, 0.15) is 43.9 Å². The van der Waals surface area contributed by atoms with E-state index in [0.29, 0.717) is 0 Å². The highest BCUT2D eigenvalue weighted by molar-refractivity contribution is 6.74. The van der Waals surface area contributed by atoms with Gasteiger partial charge in [-0.05, 0) is 18.1 Å². The van der Waals surface area contributed by atoms with Crippen LogP contribution in [0.25, 0.3) is 0 Å². The number of rotatable bonds is 5. The Morgan fingerprint density at radius 1 is 1.44 bits per heavy atom. The van der Waals surface area contributed by atoms with Crippen molar-refractivity contribution in [1.29, 1.82) is 0 Å². The van der Waals surface area contributed by atoms with Gasteiger partial charge in [0.1, 0.15) is 12.6 Å². The molecule has 0 unspecified atom stereocenters. The van der Waals surface area contributed by atoms with Gasteiger partial charge in [-0.2, -0.15) is 0 Å². The fraction of sp³-hybridized carbons (Fsp3) is 0.667. The van der Waals surface area contributed by atoms with Crippen LogP contribution in [0.3, 0.4) is 0 Å². The number of hydrogen-bond acceptors (Lipinski definition) is 6. The summed E-state index contributed by atoms with van der Waals surface area (Å²) in [5.74, 6) is -1.85. The largest absolute Gasteiger partial charge is 0.530 e. The van der Waals surface area contributed by atoms with Crippen LogP contribution in [0, 0.1) is 0 Å². The number of aliphatic carboxylic acids is 1. The Bertz CT molecular complexity index is 681. The predicted octanol–water partition coefficient (Wildman–Crippen LogP) is 1.10. The number of nitrogens with zero attached hydrogens (tertiary/aromatic N) is 2. The molecule has 1 amide bonds. The van der Waals surface area contributed by atoms with Gasteiger partial charge in [0.2, 0.25) is 5.88 Å². The first kappa shape index (κ1) is 19.4. The lowest BCUT2D eigenvalue weighted by molar-refractivity contribution is -0.155. The molecule has 1 fully saturated rings. The molecular weight excluding hydrogens is 346 g/mol. The van der Waals surface area contributed by atoms with Crippen LogP contribution in [0.15, 0.2) is 6.33 Å². The van der Waals surface area contributed by atoms with Crippen molar-refractivity contribution in [3.8, 4) is 5.88 Å². The maximum absolute atomic E-state index is 11.7. The molecule has 1 saturated heterocycles. The van der Waals surface area contributed by atoms with Gasteiger partial charge >= 0.3 is 5.97 Å². The zero-order valence-corrected chi connectivity index (χ0v) is 16.0. The average Bonchev–Trinajstić information content (AvgIpc) is 3.00. The molecule has 0 saturated carbocycles. The number of ether oxygens (including phenoxy) is 1. The highest BCUT2D eigenvalue weighted by Crippen LogP contribution is 2.40. The minimum Gasteiger partial charge on any atom is -0.530 e. The molecule has 1 aliphatic rings. The van der Waals surface area contributed by atoms with Gasteiger partial charge in [0, 0.05) is 6.42 Å². The van der Waals surface area contributed by atoms with E-state index in [9.17, 15) is 14.7 Å². The van der Waals surface area contributed by atoms with Crippen molar-refractivity contribution in [2.45, 2.75) is 63.8 Å². The summed E-state index contributed by atoms with van der Waals surface area (Å²) in [4.78, 5) is 26.9. The van der Waals surface area contributed by atoms with Crippen LogP contribution in [-0.2, 0) is 9.53 Å². The summed E-state index contributed by atoms with van der Waals surface area (Å²) in [5, 5.41) is 18.9. The number of carboxylic acids is 1. The number of carbonyl (C=O) groups excluding carboxylic acids is 1. The third-order valence-corrected chi connectivity index (χ3v) is 9.11. The van der Waals surface area contributed by atoms with Crippen molar-refractivity contribution in [2.75, 3.05) is 0 Å². The lowest BCUT2D eigenvalue weighted by Crippen LogP contribution is -2.45. The monoisotopic (exact) mass is 371 g/mol. The van der Waals surface area contributed by atoms with Gasteiger partial charge in [0.25, 0.3) is 14.2 Å². The quantitative estimate of drug-likeness (QED) is 0.659. The molecule has 0 radical (unpaired) electrons. The predicted molar refractivity (Wildman–Crippen MR) is 90.7 cm³/mol. The number of nitrogens with two attached hydrogens (primary N) is 1. The van der Waals surface area contributed by atoms with Crippen LogP contribution in [0.5, 0.6) is 5.88 Å². The van der Waals surface area contributed by atoms with Crippen LogP contribution in [0.4, 0.5) is 0 Å². The summed E-state index contributed by atoms with van der Waals surface area (Å²) in [6, 6.07) is 0. The Hall–Kier alpha value is -1.91. The van der Waals surface area contributed by atoms with Crippen LogP contribution < -0.4 is 10.2 Å². The van der Waals surface area contributed by atoms with E-state index in [-0.39, 0.29) is 23.0 Å². The van der Waals surface area contributed by atoms with Gasteiger partial charge in [-0.25, -0.2) is 9.78 Å². The third-order valence-electron chi connectivity index (χ3n) is 4.79. The van der Waals surface area contributed by atoms with E-state index >= 15 is 0 Å². The summed E-state index contributed by atoms with van der Waals surface area (Å²) >= 11 is 0. The molecule has 4 N–H and O–H groups in total. The van der Waals surface area contributed by atoms with Crippen molar-refractivity contribution in [1.82, 2.24) is 9.55 Å². The van der Waals surface area contributed by atoms with E-state index in [1.165, 1.54) is 10.9 Å². The molecule has 9 nitrogen and oxygen atoms in total. The number of carbonyl (C=O) groups is 2. The molecule has 1 aromatic rings. The normalized spacial score (nSPS) is 24.3. The zero-order valence-electron chi connectivity index (χ0n) is 15.0. The number of hydrogen-bond donors (Lipinski definition) is 3. The van der Waals surface area contributed by atoms with Crippen molar-refractivity contribution in [3.05, 3.63) is 12.0 Å². The lowest BCUT2D eigenvalue weighted by Gasteiger charge is -2.36. The van der Waals surface area contributed by atoms with Crippen LogP contribution >= 0.6 is 0 Å². The first-order valence-corrected chi connectivity index (χ1v) is 10.9. The SMILES string of the molecule is CC(C)(C)[Si](C)(C)Oc1c(C(N)=O)ncn1[C@H]1C[C@H](O)[C@@H](C(=O)O)O1. The molecule has 140 valence electrons. The molecule has 10 heteroatoms. The molecule has 25 heavy (non-hydrogen) atoms. The third kappa shape index (κ3) is 3.70. The molecule has 0 aromatic carbocycles. The molecule has 2 heterocycles. The number of primary amides is 1. The number of carboxylic acid groups (broad SMARTS) is 1. The summed E-state index contributed by atoms with van der Waals surface area (Å²) in [5.41, 5.74) is 5.35. The highest BCUT2D eigenvalue weighted by atomic mass is 28.4. The highest BCUT2D eigenvalue weighted by Gasteiger charge is 2.44. The fourth-order valence-electron chi connectivity index (χ4n) is 2.27. The first-order valence-electron chi connectivity index (χ1n) is 7.97. The molecule has 0 aliphatic carbocycles. The summed E-state index contributed by atoms with van der Waals surface area (Å²) in [6.07, 6.45) is -1.95. The van der Waals surface area contributed by atoms with Crippen LogP contribution in [-0.4, -0.2) is 52.2 Å². The second kappa shape index (κ2) is 6.43. The maximum atomic E-state index is 11.7. The Kier molecular flexibility index (Phi) is 4.99. The van der Waals surface area contributed by atoms with Crippen molar-refractivity contribution in [3.63, 3.8) is 0 Å². The van der Waals surface area contributed by atoms with Crippen LogP contribution in [0.2, 0.25) is 18.1 Å². The van der Waals surface area contributed by atoms with Gasteiger partial charge in [-0.15, -0.1) is 0 Å². The van der Waals surface area contributed by atoms with Crippen molar-refractivity contribution >= 4 is 20.2 Å². The van der Waals surface area contributed by atoms with E-state index in [0.717, 1.165) is 0 Å². The van der Waals surface area contributed by atoms with Crippen molar-refractivity contribution < 1.29 is 29.0 Å². The number of aliphatic hydroxyl groups excluding tert-OH is 1. The van der Waals surface area contributed by atoms with Gasteiger partial charge in [-0.3, -0.25) is 9.36 Å². The second-order valence-corrected chi connectivity index (χ2v) is 12.4. The standard InChI is InChI=1S/C15H25N3O6Si/c1-15(2,3)25(4,5)24-13-10(12(16)20)17-7-18(13)9-6-8(19)11(23-9)14(21)22/h7-9,11,19H,6H2,1-5H3,(H2,16,20)(H,21,22)/t8-,9+,11-/m0/s1. The Morgan fingerprint density at radius 2 is 2.04 bits per heavy atom. The van der Waals surface area contributed by atoms with Crippen molar-refractivity contribution in [2.24, 2.45) is 5.73 Å². The first-order chi connectivity index (χ1) is 11.3. The molecule has 1 aromatic heterocycles. The smallest absolute Gasteiger partial charge is 0.335 e. The van der Waals surface area contributed by atoms with E-state index in [2.05, 4.69) is 4.98 Å². The minimum atomic E-state index is -2.33. The Balaban J connectivity index is 2.41. The maximum Gasteiger partial charge on any atom is 0.335 e. The minimum absolute atomic E-state index is 0.0401. The van der Waals surface area contributed by atoms with E-state index in [1.54, 1.807) is 0 Å². The number of amides is 1. The van der Waals surface area contributed by atoms with E-state index in [1.807, 2.05) is 33.9 Å². The molecule has 0 bridgehead atoms. The molecule has 3 atom stereocenters. The van der Waals surface area contributed by atoms with E-state index < -0.39 is 38.6 Å². The average molecular weight is 371 g/mol. The summed E-state index contributed by atoms with van der Waals surface area (Å²) in [7, 11) is -2.33. The van der Waals surface area contributed by atoms with Gasteiger partial charge in [0.15, 0.2) is 11.8 Å². The summed E-state index contributed by atoms with van der Waals surface area (Å²) < 4.78 is 13.1. The van der Waals surface area contributed by atoms with Gasteiger partial charge in [-0.1, -0.05) is 20.8 Å². The Labute approximate surface area is 146 Å². The lowest BCUT2D eigenvalue weighted by atomic mass is 10.2. The molecule has 2 rings (SSSR count). The number of imidazole rings is 1. The number of aliphatic hydroxyl groups is 1. The molecular formula is C15H25N3O6Si. The zero-order chi connectivity index (χ0) is 19.2. The van der Waals surface area contributed by atoms with Gasteiger partial charge < -0.3 is 25.1 Å². The van der Waals surface area contributed by atoms with E-state index in [4.69, 9.17) is 20.0 Å². The second-order valence-electron chi connectivity index (χ2n) is 7.68. The topological polar surface area (TPSA) is 137 Å². The molecule has 1 aliphatic heterocycles. The molecule has 0 spiro atoms. The number of aromatic nitrogens is 2. The summed E-state index contributed by atoms with van der Waals surface area (Å²) in [6.45, 7) is 10.1.